The topological polar surface area (TPSA) is 114 Å². The Hall–Kier alpha value is -1.91. The molecule has 26 heavy (non-hydrogen) atoms. The van der Waals surface area contributed by atoms with Gasteiger partial charge < -0.3 is 0 Å². The molecule has 0 aromatic heterocycles. The second-order valence-corrected chi connectivity index (χ2v) is 12.2. The Morgan fingerprint density at radius 3 is 2.15 bits per heavy atom. The van der Waals surface area contributed by atoms with Crippen LogP contribution in [0.2, 0.25) is 0 Å². The highest BCUT2D eigenvalue weighted by Crippen LogP contribution is 2.27. The van der Waals surface area contributed by atoms with Crippen molar-refractivity contribution in [2.45, 2.75) is 21.5 Å². The molecule has 1 aliphatic rings. The smallest absolute Gasteiger partial charge is 0.261 e. The lowest BCUT2D eigenvalue weighted by atomic mass is 10.3. The van der Waals surface area contributed by atoms with Crippen molar-refractivity contribution in [2.24, 2.45) is 0 Å². The van der Waals surface area contributed by atoms with E-state index in [1.807, 2.05) is 0 Å². The minimum Gasteiger partial charge on any atom is -0.280 e. The summed E-state index contributed by atoms with van der Waals surface area (Å²) in [5.74, 6) is -0.612. The van der Waals surface area contributed by atoms with Gasteiger partial charge in [-0.05, 0) is 36.8 Å². The Morgan fingerprint density at radius 2 is 1.54 bits per heavy atom. The van der Waals surface area contributed by atoms with E-state index in [1.54, 1.807) is 30.3 Å². The zero-order chi connectivity index (χ0) is 19.0. The zero-order valence-electron chi connectivity index (χ0n) is 13.6. The van der Waals surface area contributed by atoms with Crippen LogP contribution in [0.3, 0.4) is 0 Å². The number of hydrogen-bond donors (Lipinski definition) is 1. The van der Waals surface area contributed by atoms with Gasteiger partial charge in [0.25, 0.3) is 10.0 Å². The third kappa shape index (κ3) is 3.92. The van der Waals surface area contributed by atoms with E-state index in [0.29, 0.717) is 5.69 Å². The van der Waals surface area contributed by atoms with Gasteiger partial charge in [0.05, 0.1) is 26.5 Å². The van der Waals surface area contributed by atoms with Crippen LogP contribution < -0.4 is 4.72 Å². The highest BCUT2D eigenvalue weighted by atomic mass is 32.2. The number of anilines is 1. The maximum absolute atomic E-state index is 12.7. The van der Waals surface area contributed by atoms with Crippen molar-refractivity contribution < 1.29 is 25.3 Å². The maximum Gasteiger partial charge on any atom is 0.261 e. The summed E-state index contributed by atoms with van der Waals surface area (Å²) in [7, 11) is -11.3. The number of benzene rings is 2. The fourth-order valence-corrected chi connectivity index (χ4v) is 8.32. The Labute approximate surface area is 153 Å². The highest BCUT2D eigenvalue weighted by molar-refractivity contribution is 7.96. The molecule has 0 spiro atoms. The van der Waals surface area contributed by atoms with Crippen LogP contribution in [-0.2, 0) is 29.7 Å². The van der Waals surface area contributed by atoms with Crippen LogP contribution in [0.25, 0.3) is 0 Å². The number of sulfone groups is 2. The van der Waals surface area contributed by atoms with Gasteiger partial charge in [-0.1, -0.05) is 24.3 Å². The van der Waals surface area contributed by atoms with Gasteiger partial charge in [-0.25, -0.2) is 25.3 Å². The summed E-state index contributed by atoms with van der Waals surface area (Å²) in [5, 5.41) is -1.05. The first-order chi connectivity index (χ1) is 12.1. The van der Waals surface area contributed by atoms with E-state index in [2.05, 4.69) is 4.72 Å². The fourth-order valence-electron chi connectivity index (χ4n) is 2.74. The largest absolute Gasteiger partial charge is 0.280 e. The first-order valence-corrected chi connectivity index (χ1v) is 12.6. The molecule has 10 heteroatoms. The third-order valence-corrected chi connectivity index (χ3v) is 9.65. The van der Waals surface area contributed by atoms with Gasteiger partial charge in [-0.15, -0.1) is 0 Å². The normalized spacial score (nSPS) is 19.9. The van der Waals surface area contributed by atoms with Gasteiger partial charge in [0.2, 0.25) is 0 Å². The Morgan fingerprint density at radius 1 is 0.885 bits per heavy atom. The van der Waals surface area contributed by atoms with E-state index in [9.17, 15) is 25.3 Å². The molecule has 0 bridgehead atoms. The van der Waals surface area contributed by atoms with Crippen molar-refractivity contribution in [2.75, 3.05) is 16.2 Å². The number of hydrogen-bond acceptors (Lipinski definition) is 6. The predicted octanol–water partition coefficient (Wildman–Crippen LogP) is 1.45. The van der Waals surface area contributed by atoms with Crippen molar-refractivity contribution in [1.82, 2.24) is 0 Å². The quantitative estimate of drug-likeness (QED) is 0.790. The molecule has 1 fully saturated rings. The van der Waals surface area contributed by atoms with E-state index < -0.39 is 40.7 Å². The predicted molar refractivity (Wildman–Crippen MR) is 97.9 cm³/mol. The van der Waals surface area contributed by atoms with Gasteiger partial charge in [-0.2, -0.15) is 0 Å². The van der Waals surface area contributed by atoms with E-state index in [4.69, 9.17) is 0 Å². The SMILES string of the molecule is O=S1(=O)CC[C@H](S(=O)(=O)c2cccc(S(=O)(=O)Nc3ccccc3)c2)C1. The molecule has 2 aromatic rings. The lowest BCUT2D eigenvalue weighted by molar-refractivity contribution is 0.582. The van der Waals surface area contributed by atoms with Gasteiger partial charge in [0.15, 0.2) is 19.7 Å². The van der Waals surface area contributed by atoms with E-state index in [0.717, 1.165) is 6.07 Å². The van der Waals surface area contributed by atoms with E-state index in [-0.39, 0.29) is 22.0 Å². The molecule has 0 unspecified atom stereocenters. The van der Waals surface area contributed by atoms with Crippen molar-refractivity contribution in [1.29, 1.82) is 0 Å². The Kier molecular flexibility index (Phi) is 4.84. The summed E-state index contributed by atoms with van der Waals surface area (Å²) in [6.45, 7) is 0. The van der Waals surface area contributed by atoms with Gasteiger partial charge in [0.1, 0.15) is 0 Å². The monoisotopic (exact) mass is 415 g/mol. The minimum atomic E-state index is -3.98. The lowest BCUT2D eigenvalue weighted by Crippen LogP contribution is -2.23. The molecule has 3 rings (SSSR count). The van der Waals surface area contributed by atoms with Crippen molar-refractivity contribution in [3.63, 3.8) is 0 Å². The molecule has 140 valence electrons. The van der Waals surface area contributed by atoms with Crippen LogP contribution in [0.15, 0.2) is 64.4 Å². The highest BCUT2D eigenvalue weighted by Gasteiger charge is 2.38. The molecule has 1 aliphatic heterocycles. The molecule has 0 aliphatic carbocycles. The first kappa shape index (κ1) is 18.9. The summed E-state index contributed by atoms with van der Waals surface area (Å²) in [4.78, 5) is -0.404. The van der Waals surface area contributed by atoms with Crippen LogP contribution in [-0.4, -0.2) is 42.0 Å². The minimum absolute atomic E-state index is 0.0178. The van der Waals surface area contributed by atoms with Crippen molar-refractivity contribution in [3.8, 4) is 0 Å². The first-order valence-electron chi connectivity index (χ1n) is 7.72. The van der Waals surface area contributed by atoms with Crippen molar-refractivity contribution in [3.05, 3.63) is 54.6 Å². The molecular formula is C16H17NO6S3. The lowest BCUT2D eigenvalue weighted by Gasteiger charge is -2.12. The van der Waals surface area contributed by atoms with Gasteiger partial charge >= 0.3 is 0 Å². The standard InChI is InChI=1S/C16H17NO6S3/c18-24(19)10-9-16(12-24)25(20,21)14-7-4-8-15(11-14)26(22,23)17-13-5-2-1-3-6-13/h1-8,11,16-17H,9-10,12H2/t16-/m0/s1. The Balaban J connectivity index is 1.93. The van der Waals surface area contributed by atoms with Gasteiger partial charge in [0, 0.05) is 5.69 Å². The number of para-hydroxylation sites is 1. The molecule has 1 heterocycles. The molecular weight excluding hydrogens is 398 g/mol. The second-order valence-electron chi connectivity index (χ2n) is 6.02. The molecule has 0 saturated carbocycles. The molecule has 1 N–H and O–H groups in total. The molecule has 2 aromatic carbocycles. The number of sulfonamides is 1. The summed E-state index contributed by atoms with van der Waals surface area (Å²) in [6.07, 6.45) is 0.0178. The molecule has 1 saturated heterocycles. The summed E-state index contributed by atoms with van der Waals surface area (Å²) < 4.78 is 75.9. The molecule has 7 nitrogen and oxygen atoms in total. The van der Waals surface area contributed by atoms with Crippen LogP contribution in [0, 0.1) is 0 Å². The summed E-state index contributed by atoms with van der Waals surface area (Å²) in [6, 6.07) is 13.2. The summed E-state index contributed by atoms with van der Waals surface area (Å²) in [5.41, 5.74) is 0.350. The fraction of sp³-hybridized carbons (Fsp3) is 0.250. The number of rotatable bonds is 5. The average molecular weight is 416 g/mol. The molecule has 1 atom stereocenters. The van der Waals surface area contributed by atoms with E-state index >= 15 is 0 Å². The molecule has 0 radical (unpaired) electrons. The van der Waals surface area contributed by atoms with Gasteiger partial charge in [-0.3, -0.25) is 4.72 Å². The van der Waals surface area contributed by atoms with Crippen LogP contribution >= 0.6 is 0 Å². The number of nitrogens with one attached hydrogen (secondary N) is 1. The van der Waals surface area contributed by atoms with E-state index in [1.165, 1.54) is 18.2 Å². The maximum atomic E-state index is 12.7. The second kappa shape index (κ2) is 6.67. The van der Waals surface area contributed by atoms with Crippen LogP contribution in [0.1, 0.15) is 6.42 Å². The third-order valence-electron chi connectivity index (χ3n) is 4.10. The van der Waals surface area contributed by atoms with Crippen molar-refractivity contribution >= 4 is 35.4 Å². The van der Waals surface area contributed by atoms with Crippen LogP contribution in [0.5, 0.6) is 0 Å². The average Bonchev–Trinajstić information content (AvgIpc) is 2.96. The molecule has 0 amide bonds. The zero-order valence-corrected chi connectivity index (χ0v) is 16.0. The summed E-state index contributed by atoms with van der Waals surface area (Å²) >= 11 is 0. The van der Waals surface area contributed by atoms with Crippen LogP contribution in [0.4, 0.5) is 5.69 Å². The Bertz CT molecular complexity index is 1120.